The largest absolute Gasteiger partial charge is 0.496 e. The van der Waals surface area contributed by atoms with Crippen LogP contribution in [-0.2, 0) is 6.54 Å². The normalized spacial score (nSPS) is 10.4. The molecular weight excluding hydrogens is 359 g/mol. The number of nitrogens with one attached hydrogen (secondary N) is 2. The minimum atomic E-state index is 0.403. The Hall–Kier alpha value is -2.50. The Morgan fingerprint density at radius 3 is 2.52 bits per heavy atom. The van der Waals surface area contributed by atoms with E-state index in [0.29, 0.717) is 34.0 Å². The summed E-state index contributed by atoms with van der Waals surface area (Å²) in [7, 11) is 1.65. The van der Waals surface area contributed by atoms with E-state index >= 15 is 0 Å². The average Bonchev–Trinajstić information content (AvgIpc) is 2.64. The van der Waals surface area contributed by atoms with Crippen molar-refractivity contribution in [1.82, 2.24) is 9.97 Å². The number of rotatable bonds is 6. The van der Waals surface area contributed by atoms with Crippen LogP contribution in [0.5, 0.6) is 5.75 Å². The van der Waals surface area contributed by atoms with Gasteiger partial charge in [0.15, 0.2) is 0 Å². The maximum absolute atomic E-state index is 6.16. The second-order valence-electron chi connectivity index (χ2n) is 5.15. The molecule has 3 rings (SSSR count). The van der Waals surface area contributed by atoms with Gasteiger partial charge in [-0.1, -0.05) is 47.5 Å². The zero-order valence-corrected chi connectivity index (χ0v) is 15.0. The molecule has 25 heavy (non-hydrogen) atoms. The van der Waals surface area contributed by atoms with E-state index in [1.165, 1.54) is 0 Å². The van der Waals surface area contributed by atoms with Gasteiger partial charge in [-0.2, -0.15) is 4.98 Å². The van der Waals surface area contributed by atoms with Crippen molar-refractivity contribution < 1.29 is 4.74 Å². The fourth-order valence-electron chi connectivity index (χ4n) is 2.28. The van der Waals surface area contributed by atoms with Crippen molar-refractivity contribution in [3.8, 4) is 5.75 Å². The molecule has 2 N–H and O–H groups in total. The zero-order valence-electron chi connectivity index (χ0n) is 13.5. The lowest BCUT2D eigenvalue weighted by molar-refractivity contribution is 0.410. The molecule has 0 aliphatic rings. The standard InChI is InChI=1S/C18H16Cl2N4O/c1-25-15-8-3-2-5-12(15)11-22-16-9-10-21-18(23-16)24-17-13(19)6-4-7-14(17)20/h2-10H,11H2,1H3,(H2,21,22,23,24). The summed E-state index contributed by atoms with van der Waals surface area (Å²) >= 11 is 12.3. The van der Waals surface area contributed by atoms with Crippen LogP contribution >= 0.6 is 23.2 Å². The molecule has 0 aliphatic carbocycles. The van der Waals surface area contributed by atoms with Crippen molar-refractivity contribution >= 4 is 40.7 Å². The van der Waals surface area contributed by atoms with Crippen LogP contribution in [0.4, 0.5) is 17.5 Å². The Labute approximate surface area is 156 Å². The molecule has 0 saturated carbocycles. The van der Waals surface area contributed by atoms with Crippen LogP contribution in [0.1, 0.15) is 5.56 Å². The third-order valence-electron chi connectivity index (χ3n) is 3.51. The fraction of sp³-hybridized carbons (Fsp3) is 0.111. The molecule has 0 aliphatic heterocycles. The van der Waals surface area contributed by atoms with E-state index in [0.717, 1.165) is 11.3 Å². The maximum Gasteiger partial charge on any atom is 0.229 e. The highest BCUT2D eigenvalue weighted by atomic mass is 35.5. The van der Waals surface area contributed by atoms with Crippen LogP contribution < -0.4 is 15.4 Å². The van der Waals surface area contributed by atoms with Gasteiger partial charge in [0.2, 0.25) is 5.95 Å². The molecule has 0 bridgehead atoms. The Bertz CT molecular complexity index is 853. The number of anilines is 3. The highest BCUT2D eigenvalue weighted by Crippen LogP contribution is 2.31. The Morgan fingerprint density at radius 2 is 1.76 bits per heavy atom. The number of methoxy groups -OCH3 is 1. The van der Waals surface area contributed by atoms with Gasteiger partial charge in [-0.3, -0.25) is 0 Å². The molecule has 0 atom stereocenters. The molecule has 5 nitrogen and oxygen atoms in total. The maximum atomic E-state index is 6.16. The summed E-state index contributed by atoms with van der Waals surface area (Å²) in [6.45, 7) is 0.577. The van der Waals surface area contributed by atoms with Gasteiger partial charge in [-0.05, 0) is 24.3 Å². The van der Waals surface area contributed by atoms with E-state index < -0.39 is 0 Å². The second kappa shape index (κ2) is 8.05. The van der Waals surface area contributed by atoms with E-state index in [9.17, 15) is 0 Å². The predicted octanol–water partition coefficient (Wildman–Crippen LogP) is 5.15. The highest BCUT2D eigenvalue weighted by molar-refractivity contribution is 6.39. The molecule has 0 unspecified atom stereocenters. The minimum Gasteiger partial charge on any atom is -0.496 e. The molecule has 1 heterocycles. The van der Waals surface area contributed by atoms with Crippen molar-refractivity contribution in [1.29, 1.82) is 0 Å². The molecule has 0 spiro atoms. The first-order valence-electron chi connectivity index (χ1n) is 7.57. The third-order valence-corrected chi connectivity index (χ3v) is 4.14. The minimum absolute atomic E-state index is 0.403. The van der Waals surface area contributed by atoms with Gasteiger partial charge < -0.3 is 15.4 Å². The molecule has 0 amide bonds. The van der Waals surface area contributed by atoms with E-state index in [-0.39, 0.29) is 0 Å². The van der Waals surface area contributed by atoms with Crippen molar-refractivity contribution in [2.75, 3.05) is 17.7 Å². The van der Waals surface area contributed by atoms with E-state index in [4.69, 9.17) is 27.9 Å². The van der Waals surface area contributed by atoms with Crippen LogP contribution in [0.3, 0.4) is 0 Å². The van der Waals surface area contributed by atoms with Crippen LogP contribution in [0.15, 0.2) is 54.7 Å². The van der Waals surface area contributed by atoms with Crippen molar-refractivity contribution in [3.63, 3.8) is 0 Å². The van der Waals surface area contributed by atoms with Crippen LogP contribution in [0, 0.1) is 0 Å². The molecule has 1 aromatic heterocycles. The molecule has 0 radical (unpaired) electrons. The molecule has 0 saturated heterocycles. The number of hydrogen-bond donors (Lipinski definition) is 2. The summed E-state index contributed by atoms with van der Waals surface area (Å²) in [6, 6.07) is 14.9. The Morgan fingerprint density at radius 1 is 1.00 bits per heavy atom. The van der Waals surface area contributed by atoms with Gasteiger partial charge in [0, 0.05) is 18.3 Å². The third kappa shape index (κ3) is 4.32. The molecular formula is C18H16Cl2N4O. The van der Waals surface area contributed by atoms with Crippen LogP contribution in [-0.4, -0.2) is 17.1 Å². The van der Waals surface area contributed by atoms with Crippen molar-refractivity contribution in [3.05, 3.63) is 70.3 Å². The monoisotopic (exact) mass is 374 g/mol. The van der Waals surface area contributed by atoms with Gasteiger partial charge in [0.05, 0.1) is 22.8 Å². The van der Waals surface area contributed by atoms with Crippen LogP contribution in [0.2, 0.25) is 10.0 Å². The van der Waals surface area contributed by atoms with Crippen molar-refractivity contribution in [2.45, 2.75) is 6.54 Å². The average molecular weight is 375 g/mol. The quantitative estimate of drug-likeness (QED) is 0.624. The summed E-state index contributed by atoms with van der Waals surface area (Å²) in [5.74, 6) is 1.90. The first-order chi connectivity index (χ1) is 12.2. The number of halogens is 2. The van der Waals surface area contributed by atoms with Crippen molar-refractivity contribution in [2.24, 2.45) is 0 Å². The number of nitrogens with zero attached hydrogens (tertiary/aromatic N) is 2. The SMILES string of the molecule is COc1ccccc1CNc1ccnc(Nc2c(Cl)cccc2Cl)n1. The van der Waals surface area contributed by atoms with Crippen LogP contribution in [0.25, 0.3) is 0 Å². The summed E-state index contributed by atoms with van der Waals surface area (Å²) in [4.78, 5) is 8.63. The van der Waals surface area contributed by atoms with E-state index in [1.807, 2.05) is 24.3 Å². The number of para-hydroxylation sites is 2. The number of hydrogen-bond acceptors (Lipinski definition) is 5. The molecule has 2 aromatic carbocycles. The van der Waals surface area contributed by atoms with Gasteiger partial charge in [-0.15, -0.1) is 0 Å². The van der Waals surface area contributed by atoms with Gasteiger partial charge >= 0.3 is 0 Å². The summed E-state index contributed by atoms with van der Waals surface area (Å²) in [6.07, 6.45) is 1.66. The van der Waals surface area contributed by atoms with E-state index in [1.54, 1.807) is 37.6 Å². The lowest BCUT2D eigenvalue weighted by atomic mass is 10.2. The molecule has 0 fully saturated rings. The lowest BCUT2D eigenvalue weighted by Gasteiger charge is -2.12. The number of aromatic nitrogens is 2. The zero-order chi connectivity index (χ0) is 17.6. The highest BCUT2D eigenvalue weighted by Gasteiger charge is 2.08. The number of ether oxygens (including phenoxy) is 1. The fourth-order valence-corrected chi connectivity index (χ4v) is 2.77. The predicted molar refractivity (Wildman–Crippen MR) is 102 cm³/mol. The van der Waals surface area contributed by atoms with E-state index in [2.05, 4.69) is 20.6 Å². The smallest absolute Gasteiger partial charge is 0.229 e. The Kier molecular flexibility index (Phi) is 5.58. The van der Waals surface area contributed by atoms with Gasteiger partial charge in [0.1, 0.15) is 11.6 Å². The molecule has 3 aromatic rings. The molecule has 7 heteroatoms. The number of benzene rings is 2. The molecule has 128 valence electrons. The van der Waals surface area contributed by atoms with Gasteiger partial charge in [-0.25, -0.2) is 4.98 Å². The lowest BCUT2D eigenvalue weighted by Crippen LogP contribution is -2.05. The first-order valence-corrected chi connectivity index (χ1v) is 8.33. The Balaban J connectivity index is 1.73. The summed E-state index contributed by atoms with van der Waals surface area (Å²) in [5.41, 5.74) is 1.61. The first kappa shape index (κ1) is 17.3. The summed E-state index contributed by atoms with van der Waals surface area (Å²) < 4.78 is 5.35. The summed E-state index contributed by atoms with van der Waals surface area (Å²) in [5, 5.41) is 7.31. The van der Waals surface area contributed by atoms with Gasteiger partial charge in [0.25, 0.3) is 0 Å². The topological polar surface area (TPSA) is 59.1 Å². The second-order valence-corrected chi connectivity index (χ2v) is 5.97.